The van der Waals surface area contributed by atoms with Gasteiger partial charge in [0.15, 0.2) is 12.6 Å². The fourth-order valence-corrected chi connectivity index (χ4v) is 1.08. The van der Waals surface area contributed by atoms with E-state index in [0.29, 0.717) is 12.2 Å². The summed E-state index contributed by atoms with van der Waals surface area (Å²) >= 11 is 0. The summed E-state index contributed by atoms with van der Waals surface area (Å²) in [4.78, 5) is 22.4. The van der Waals surface area contributed by atoms with Crippen molar-refractivity contribution in [3.63, 3.8) is 0 Å². The molecular formula is C12H20O10. The largest absolute Gasteiger partial charge is 0.462 e. The maximum Gasteiger partial charge on any atom is 0.331 e. The number of carbonyl (C=O) groups excluding carboxylic acids is 2. The van der Waals surface area contributed by atoms with Crippen LogP contribution in [0.3, 0.4) is 0 Å². The van der Waals surface area contributed by atoms with Crippen LogP contribution in [0.4, 0.5) is 0 Å². The molecule has 0 aliphatic rings. The minimum absolute atomic E-state index is 0.463. The van der Waals surface area contributed by atoms with Crippen molar-refractivity contribution in [1.29, 1.82) is 0 Å². The van der Waals surface area contributed by atoms with E-state index in [1.165, 1.54) is 0 Å². The van der Waals surface area contributed by atoms with Gasteiger partial charge in [0.1, 0.15) is 13.2 Å². The second kappa shape index (κ2) is 11.1. The lowest BCUT2D eigenvalue weighted by atomic mass is 10.2. The van der Waals surface area contributed by atoms with Gasteiger partial charge >= 0.3 is 11.9 Å². The second-order valence-electron chi connectivity index (χ2n) is 4.31. The van der Waals surface area contributed by atoms with E-state index < -0.39 is 62.8 Å². The van der Waals surface area contributed by atoms with Gasteiger partial charge in [-0.05, 0) is 0 Å². The predicted octanol–water partition coefficient (Wildman–Crippen LogP) is -3.53. The van der Waals surface area contributed by atoms with Crippen LogP contribution in [0.2, 0.25) is 0 Å². The van der Waals surface area contributed by atoms with Gasteiger partial charge in [-0.1, -0.05) is 0 Å². The molecule has 128 valence electrons. The summed E-state index contributed by atoms with van der Waals surface area (Å²) < 4.78 is 9.12. The average Bonchev–Trinajstić information content (AvgIpc) is 2.45. The molecule has 0 radical (unpaired) electrons. The fourth-order valence-electron chi connectivity index (χ4n) is 1.08. The van der Waals surface area contributed by atoms with E-state index in [0.717, 1.165) is 0 Å². The Kier molecular flexibility index (Phi) is 10.3. The molecule has 2 atom stereocenters. The minimum atomic E-state index is -1.85. The van der Waals surface area contributed by atoms with Gasteiger partial charge in [0.05, 0.1) is 25.0 Å². The Hall–Kier alpha value is -1.56. The second-order valence-corrected chi connectivity index (χ2v) is 4.31. The van der Waals surface area contributed by atoms with Crippen LogP contribution in [-0.4, -0.2) is 81.6 Å². The lowest BCUT2D eigenvalue weighted by Crippen LogP contribution is -2.29. The van der Waals surface area contributed by atoms with Crippen LogP contribution in [0.1, 0.15) is 0 Å². The van der Waals surface area contributed by atoms with E-state index in [-0.39, 0.29) is 0 Å². The Labute approximate surface area is 125 Å². The monoisotopic (exact) mass is 324 g/mol. The first-order chi connectivity index (χ1) is 10.3. The molecule has 0 fully saturated rings. The molecule has 10 heteroatoms. The van der Waals surface area contributed by atoms with Gasteiger partial charge in [0.2, 0.25) is 0 Å². The fraction of sp³-hybridized carbons (Fsp3) is 0.667. The zero-order chi connectivity index (χ0) is 17.1. The number of ether oxygens (including phenoxy) is 2. The molecule has 0 bridgehead atoms. The van der Waals surface area contributed by atoms with Gasteiger partial charge in [0.25, 0.3) is 0 Å². The maximum absolute atomic E-state index is 11.2. The summed E-state index contributed by atoms with van der Waals surface area (Å²) in [6, 6.07) is 0. The van der Waals surface area contributed by atoms with Gasteiger partial charge < -0.3 is 40.1 Å². The smallest absolute Gasteiger partial charge is 0.331 e. The summed E-state index contributed by atoms with van der Waals surface area (Å²) in [6.07, 6.45) is -2.28. The molecule has 6 N–H and O–H groups in total. The molecule has 0 aromatic rings. The predicted molar refractivity (Wildman–Crippen MR) is 68.7 cm³/mol. The highest BCUT2D eigenvalue weighted by Crippen LogP contribution is 2.03. The van der Waals surface area contributed by atoms with Gasteiger partial charge in [0, 0.05) is 12.2 Å². The summed E-state index contributed by atoms with van der Waals surface area (Å²) in [6.45, 7) is -2.14. The van der Waals surface area contributed by atoms with Crippen LogP contribution < -0.4 is 0 Å². The number of carbonyl (C=O) groups is 2. The third-order valence-corrected chi connectivity index (χ3v) is 2.55. The molecular weight excluding hydrogens is 304 g/mol. The maximum atomic E-state index is 11.2. The van der Waals surface area contributed by atoms with E-state index >= 15 is 0 Å². The van der Waals surface area contributed by atoms with E-state index in [9.17, 15) is 9.59 Å². The van der Waals surface area contributed by atoms with Crippen molar-refractivity contribution in [2.45, 2.75) is 12.6 Å². The summed E-state index contributed by atoms with van der Waals surface area (Å²) in [5.74, 6) is -4.09. The lowest BCUT2D eigenvalue weighted by molar-refractivity contribution is -0.152. The SMILES string of the molecule is O=C(C=CC(=O)OCC(CO)C(O)O)OCC(CO)C(O)O. The molecule has 0 amide bonds. The first-order valence-corrected chi connectivity index (χ1v) is 6.27. The van der Waals surface area contributed by atoms with Crippen molar-refractivity contribution in [2.24, 2.45) is 11.8 Å². The molecule has 10 nitrogen and oxygen atoms in total. The number of hydrogen-bond acceptors (Lipinski definition) is 10. The van der Waals surface area contributed by atoms with Crippen molar-refractivity contribution in [1.82, 2.24) is 0 Å². The Morgan fingerprint density at radius 3 is 1.32 bits per heavy atom. The highest BCUT2D eigenvalue weighted by Gasteiger charge is 2.18. The minimum Gasteiger partial charge on any atom is -0.462 e. The Bertz CT molecular complexity index is 331. The summed E-state index contributed by atoms with van der Waals surface area (Å²) in [7, 11) is 0. The number of aliphatic hydroxyl groups excluding tert-OH is 4. The van der Waals surface area contributed by atoms with Gasteiger partial charge in [-0.25, -0.2) is 9.59 Å². The molecule has 0 spiro atoms. The van der Waals surface area contributed by atoms with Crippen LogP contribution in [0.5, 0.6) is 0 Å². The Morgan fingerprint density at radius 2 is 1.09 bits per heavy atom. The van der Waals surface area contributed by atoms with E-state index in [1.54, 1.807) is 0 Å². The van der Waals surface area contributed by atoms with Gasteiger partial charge in [-0.3, -0.25) is 0 Å². The summed E-state index contributed by atoms with van der Waals surface area (Å²) in [5.41, 5.74) is 0. The molecule has 0 rings (SSSR count). The molecule has 0 heterocycles. The molecule has 0 aromatic heterocycles. The van der Waals surface area contributed by atoms with Crippen molar-refractivity contribution >= 4 is 11.9 Å². The number of hydrogen-bond donors (Lipinski definition) is 6. The number of esters is 2. The van der Waals surface area contributed by atoms with E-state index in [4.69, 9.17) is 30.6 Å². The number of aliphatic hydroxyl groups is 6. The van der Waals surface area contributed by atoms with Crippen LogP contribution in [0.15, 0.2) is 12.2 Å². The number of rotatable bonds is 10. The quantitative estimate of drug-likeness (QED) is 0.134. The molecule has 0 saturated heterocycles. The third kappa shape index (κ3) is 8.67. The highest BCUT2D eigenvalue weighted by atomic mass is 16.5. The zero-order valence-electron chi connectivity index (χ0n) is 11.6. The van der Waals surface area contributed by atoms with Crippen LogP contribution >= 0.6 is 0 Å². The first kappa shape index (κ1) is 20.4. The van der Waals surface area contributed by atoms with Crippen molar-refractivity contribution < 1.29 is 49.7 Å². The van der Waals surface area contributed by atoms with E-state index in [1.807, 2.05) is 0 Å². The molecule has 0 saturated carbocycles. The Balaban J connectivity index is 4.13. The van der Waals surface area contributed by atoms with Gasteiger partial charge in [-0.15, -0.1) is 0 Å². The molecule has 2 unspecified atom stereocenters. The lowest BCUT2D eigenvalue weighted by Gasteiger charge is -2.15. The summed E-state index contributed by atoms with van der Waals surface area (Å²) in [5, 5.41) is 52.6. The van der Waals surface area contributed by atoms with Crippen molar-refractivity contribution in [3.05, 3.63) is 12.2 Å². The first-order valence-electron chi connectivity index (χ1n) is 6.27. The zero-order valence-corrected chi connectivity index (χ0v) is 11.6. The van der Waals surface area contributed by atoms with Crippen molar-refractivity contribution in [3.8, 4) is 0 Å². The topological polar surface area (TPSA) is 174 Å². The molecule has 0 aromatic carbocycles. The molecule has 0 aliphatic heterocycles. The van der Waals surface area contributed by atoms with Crippen LogP contribution in [0.25, 0.3) is 0 Å². The third-order valence-electron chi connectivity index (χ3n) is 2.55. The van der Waals surface area contributed by atoms with Crippen LogP contribution in [0, 0.1) is 11.8 Å². The van der Waals surface area contributed by atoms with Crippen molar-refractivity contribution in [2.75, 3.05) is 26.4 Å². The van der Waals surface area contributed by atoms with Gasteiger partial charge in [-0.2, -0.15) is 0 Å². The average molecular weight is 324 g/mol. The van der Waals surface area contributed by atoms with Crippen LogP contribution in [-0.2, 0) is 19.1 Å². The highest BCUT2D eigenvalue weighted by molar-refractivity contribution is 5.91. The standard InChI is InChI=1S/C12H20O10/c13-3-7(11(17)18)5-21-9(15)1-2-10(16)22-6-8(4-14)12(19)20/h1-2,7-8,11-14,17-20H,3-6H2. The van der Waals surface area contributed by atoms with E-state index in [2.05, 4.69) is 9.47 Å². The normalized spacial score (nSPS) is 14.4. The molecule has 22 heavy (non-hydrogen) atoms. The molecule has 0 aliphatic carbocycles. The Morgan fingerprint density at radius 1 is 0.773 bits per heavy atom.